The number of thioether (sulfide) groups is 1. The van der Waals surface area contributed by atoms with Crippen LogP contribution in [-0.4, -0.2) is 42.2 Å². The molecule has 0 saturated carbocycles. The number of carbonyl (C=O) groups is 1. The van der Waals surface area contributed by atoms with Gasteiger partial charge in [0.2, 0.25) is 0 Å². The summed E-state index contributed by atoms with van der Waals surface area (Å²) in [6.45, 7) is 11.4. The molecule has 2 aromatic heterocycles. The number of aromatic nitrogens is 4. The van der Waals surface area contributed by atoms with E-state index in [0.717, 1.165) is 34.8 Å². The molecule has 0 bridgehead atoms. The van der Waals surface area contributed by atoms with Crippen molar-refractivity contribution in [2.24, 2.45) is 0 Å². The Bertz CT molecular complexity index is 1410. The van der Waals surface area contributed by atoms with Crippen LogP contribution in [0.1, 0.15) is 70.8 Å². The second-order valence-electron chi connectivity index (χ2n) is 11.2. The highest BCUT2D eigenvalue weighted by atomic mass is 32.2. The summed E-state index contributed by atoms with van der Waals surface area (Å²) >= 11 is 1.72. The number of allylic oxidation sites excluding steroid dienone is 1. The first-order valence-electron chi connectivity index (χ1n) is 13.4. The van der Waals surface area contributed by atoms with Crippen molar-refractivity contribution in [3.63, 3.8) is 0 Å². The van der Waals surface area contributed by atoms with Gasteiger partial charge in [0.15, 0.2) is 11.0 Å². The van der Waals surface area contributed by atoms with Crippen molar-refractivity contribution < 1.29 is 14.3 Å². The van der Waals surface area contributed by atoms with Gasteiger partial charge >= 0.3 is 6.09 Å². The highest BCUT2D eigenvalue weighted by Gasteiger charge is 2.23. The molecule has 3 aromatic rings. The second kappa shape index (κ2) is 12.6. The first-order chi connectivity index (χ1) is 19.0. The maximum atomic E-state index is 12.2. The molecular formula is C31H37N5O3S. The van der Waals surface area contributed by atoms with Gasteiger partial charge in [0.05, 0.1) is 17.4 Å². The van der Waals surface area contributed by atoms with Crippen molar-refractivity contribution in [2.75, 3.05) is 0 Å². The molecule has 0 fully saturated rings. The standard InChI is InChI=1S/C31H37N5O3S/c1-22-19-25(15-14-23(22)16-17-31(5,6)33-29(37)39-30(2,3)4)38-21-27-34-35-28(40-26-12-8-7-9-13-26)36(27)24-11-10-18-32-20-24/h8,10-12,14-15,18-20,26H,7,9,13,21H2,1-6H3,(H,33,37). The van der Waals surface area contributed by atoms with E-state index < -0.39 is 17.2 Å². The fourth-order valence-corrected chi connectivity index (χ4v) is 5.21. The molecule has 1 aromatic carbocycles. The van der Waals surface area contributed by atoms with E-state index in [1.807, 2.05) is 82.6 Å². The lowest BCUT2D eigenvalue weighted by molar-refractivity contribution is 0.0494. The van der Waals surface area contributed by atoms with Gasteiger partial charge in [0.1, 0.15) is 18.0 Å². The Labute approximate surface area is 241 Å². The molecule has 40 heavy (non-hydrogen) atoms. The molecule has 0 spiro atoms. The van der Waals surface area contributed by atoms with Crippen LogP contribution in [0, 0.1) is 18.8 Å². The molecule has 2 heterocycles. The van der Waals surface area contributed by atoms with Crippen LogP contribution in [0.25, 0.3) is 5.69 Å². The maximum absolute atomic E-state index is 12.2. The molecule has 1 N–H and O–H groups in total. The Morgan fingerprint density at radius 1 is 1.20 bits per heavy atom. The topological polar surface area (TPSA) is 91.2 Å². The van der Waals surface area contributed by atoms with Gasteiger partial charge in [0, 0.05) is 17.0 Å². The predicted octanol–water partition coefficient (Wildman–Crippen LogP) is 6.41. The second-order valence-corrected chi connectivity index (χ2v) is 12.4. The van der Waals surface area contributed by atoms with Crippen LogP contribution in [0.2, 0.25) is 0 Å². The average molecular weight is 560 g/mol. The number of amides is 1. The van der Waals surface area contributed by atoms with Crippen molar-refractivity contribution >= 4 is 17.9 Å². The molecule has 4 rings (SSSR count). The number of aryl methyl sites for hydroxylation is 1. The summed E-state index contributed by atoms with van der Waals surface area (Å²) in [7, 11) is 0. The van der Waals surface area contributed by atoms with Crippen LogP contribution in [0.5, 0.6) is 5.75 Å². The smallest absolute Gasteiger partial charge is 0.408 e. The quantitative estimate of drug-likeness (QED) is 0.264. The lowest BCUT2D eigenvalue weighted by Crippen LogP contribution is -2.44. The van der Waals surface area contributed by atoms with E-state index >= 15 is 0 Å². The van der Waals surface area contributed by atoms with Crippen molar-refractivity contribution in [1.82, 2.24) is 25.1 Å². The molecule has 210 valence electrons. The van der Waals surface area contributed by atoms with Gasteiger partial charge in [-0.3, -0.25) is 9.55 Å². The van der Waals surface area contributed by atoms with Crippen LogP contribution in [0.4, 0.5) is 4.79 Å². The third-order valence-corrected chi connectivity index (χ3v) is 7.13. The van der Waals surface area contributed by atoms with E-state index in [9.17, 15) is 4.79 Å². The van der Waals surface area contributed by atoms with Gasteiger partial charge in [-0.05, 0) is 96.7 Å². The third-order valence-electron chi connectivity index (χ3n) is 5.96. The summed E-state index contributed by atoms with van der Waals surface area (Å²) in [6.07, 6.45) is 11.0. The molecule has 8 nitrogen and oxygen atoms in total. The summed E-state index contributed by atoms with van der Waals surface area (Å²) in [4.78, 5) is 16.5. The fourth-order valence-electron chi connectivity index (χ4n) is 4.06. The van der Waals surface area contributed by atoms with Gasteiger partial charge in [-0.2, -0.15) is 0 Å². The maximum Gasteiger partial charge on any atom is 0.408 e. The predicted molar refractivity (Wildman–Crippen MR) is 158 cm³/mol. The monoisotopic (exact) mass is 559 g/mol. The van der Waals surface area contributed by atoms with Crippen LogP contribution in [-0.2, 0) is 11.3 Å². The zero-order chi connectivity index (χ0) is 28.8. The van der Waals surface area contributed by atoms with E-state index in [0.29, 0.717) is 16.8 Å². The van der Waals surface area contributed by atoms with Crippen LogP contribution in [0.3, 0.4) is 0 Å². The summed E-state index contributed by atoms with van der Waals surface area (Å²) in [6, 6.07) is 9.66. The average Bonchev–Trinajstić information content (AvgIpc) is 3.28. The Morgan fingerprint density at radius 3 is 2.70 bits per heavy atom. The minimum atomic E-state index is -0.760. The van der Waals surface area contributed by atoms with Crippen LogP contribution < -0.4 is 10.1 Å². The molecule has 1 atom stereocenters. The number of ether oxygens (including phenoxy) is 2. The minimum Gasteiger partial charge on any atom is -0.486 e. The number of rotatable bonds is 7. The van der Waals surface area contributed by atoms with Crippen molar-refractivity contribution in [2.45, 2.75) is 89.0 Å². The molecule has 0 radical (unpaired) electrons. The molecule has 0 aliphatic heterocycles. The third kappa shape index (κ3) is 8.36. The Hall–Kier alpha value is -3.77. The van der Waals surface area contributed by atoms with Gasteiger partial charge in [0.25, 0.3) is 0 Å². The number of nitrogens with zero attached hydrogens (tertiary/aromatic N) is 4. The largest absolute Gasteiger partial charge is 0.486 e. The van der Waals surface area contributed by atoms with E-state index in [2.05, 4.69) is 44.5 Å². The highest BCUT2D eigenvalue weighted by molar-refractivity contribution is 7.99. The molecule has 9 heteroatoms. The summed E-state index contributed by atoms with van der Waals surface area (Å²) in [5, 5.41) is 13.0. The van der Waals surface area contributed by atoms with Gasteiger partial charge in [-0.25, -0.2) is 4.79 Å². The molecular weight excluding hydrogens is 522 g/mol. The highest BCUT2D eigenvalue weighted by Crippen LogP contribution is 2.31. The number of alkyl carbamates (subject to hydrolysis) is 1. The SMILES string of the molecule is Cc1cc(OCc2nnc(SC3C=CCCC3)n2-c2cccnc2)ccc1C#CC(C)(C)NC(=O)OC(C)(C)C. The minimum absolute atomic E-state index is 0.250. The van der Waals surface area contributed by atoms with Gasteiger partial charge < -0.3 is 14.8 Å². The van der Waals surface area contributed by atoms with Crippen LogP contribution >= 0.6 is 11.8 Å². The summed E-state index contributed by atoms with van der Waals surface area (Å²) in [5.41, 5.74) is 1.39. The number of benzene rings is 1. The van der Waals surface area contributed by atoms with Gasteiger partial charge in [-0.1, -0.05) is 35.8 Å². The zero-order valence-corrected chi connectivity index (χ0v) is 24.8. The Kier molecular flexibility index (Phi) is 9.21. The first-order valence-corrected chi connectivity index (χ1v) is 14.3. The Morgan fingerprint density at radius 2 is 2.02 bits per heavy atom. The van der Waals surface area contributed by atoms with E-state index in [1.54, 1.807) is 18.0 Å². The number of pyridine rings is 1. The first kappa shape index (κ1) is 29.2. The lowest BCUT2D eigenvalue weighted by atomic mass is 10.0. The molecule has 0 saturated heterocycles. The number of hydrogen-bond acceptors (Lipinski definition) is 7. The summed E-state index contributed by atoms with van der Waals surface area (Å²) in [5.74, 6) is 7.72. The van der Waals surface area contributed by atoms with Crippen molar-refractivity contribution in [3.8, 4) is 23.3 Å². The van der Waals surface area contributed by atoms with Crippen molar-refractivity contribution in [1.29, 1.82) is 0 Å². The van der Waals surface area contributed by atoms with E-state index in [4.69, 9.17) is 9.47 Å². The summed E-state index contributed by atoms with van der Waals surface area (Å²) < 4.78 is 13.5. The van der Waals surface area contributed by atoms with Crippen molar-refractivity contribution in [3.05, 3.63) is 71.8 Å². The fraction of sp³-hybridized carbons (Fsp3) is 0.419. The zero-order valence-electron chi connectivity index (χ0n) is 24.0. The number of nitrogens with one attached hydrogen (secondary N) is 1. The number of carbonyl (C=O) groups excluding carboxylic acids is 1. The van der Waals surface area contributed by atoms with E-state index in [-0.39, 0.29) is 6.61 Å². The molecule has 1 unspecified atom stereocenters. The lowest BCUT2D eigenvalue weighted by Gasteiger charge is -2.24. The van der Waals surface area contributed by atoms with Crippen LogP contribution in [0.15, 0.2) is 60.0 Å². The number of hydrogen-bond donors (Lipinski definition) is 1. The normalized spacial score (nSPS) is 15.2. The molecule has 1 aliphatic carbocycles. The molecule has 1 aliphatic rings. The Balaban J connectivity index is 1.46. The van der Waals surface area contributed by atoms with Gasteiger partial charge in [-0.15, -0.1) is 10.2 Å². The molecule has 1 amide bonds. The van der Waals surface area contributed by atoms with E-state index in [1.165, 1.54) is 6.42 Å².